The van der Waals surface area contributed by atoms with Gasteiger partial charge in [0.25, 0.3) is 5.91 Å². The molecule has 0 bridgehead atoms. The maximum absolute atomic E-state index is 11.4. The summed E-state index contributed by atoms with van der Waals surface area (Å²) in [6.45, 7) is 6.29. The van der Waals surface area contributed by atoms with Gasteiger partial charge in [-0.25, -0.2) is 5.84 Å². The first kappa shape index (κ1) is 16.6. The van der Waals surface area contributed by atoms with E-state index in [-0.39, 0.29) is 11.8 Å². The summed E-state index contributed by atoms with van der Waals surface area (Å²) in [7, 11) is 0. The normalized spacial score (nSPS) is 12.0. The Bertz CT molecular complexity index is 512. The molecule has 0 aromatic heterocycles. The summed E-state index contributed by atoms with van der Waals surface area (Å²) in [5.74, 6) is 4.79. The highest BCUT2D eigenvalue weighted by molar-refractivity contribution is 9.10. The van der Waals surface area contributed by atoms with E-state index in [1.165, 1.54) is 0 Å². The van der Waals surface area contributed by atoms with Gasteiger partial charge in [-0.05, 0) is 31.2 Å². The molecule has 1 aromatic rings. The van der Waals surface area contributed by atoms with Crippen LogP contribution in [0.1, 0.15) is 29.8 Å². The van der Waals surface area contributed by atoms with Crippen LogP contribution in [-0.4, -0.2) is 23.9 Å². The number of rotatable bonds is 6. The molecule has 0 aliphatic heterocycles. The zero-order valence-corrected chi connectivity index (χ0v) is 13.3. The molecule has 1 aromatic carbocycles. The van der Waals surface area contributed by atoms with Gasteiger partial charge in [0.2, 0.25) is 0 Å². The smallest absolute Gasteiger partial charge is 0.265 e. The molecule has 6 heteroatoms. The Morgan fingerprint density at radius 3 is 2.80 bits per heavy atom. The van der Waals surface area contributed by atoms with E-state index in [0.717, 1.165) is 29.7 Å². The second-order valence-corrected chi connectivity index (χ2v) is 5.49. The first-order valence-electron chi connectivity index (χ1n) is 6.43. The van der Waals surface area contributed by atoms with Crippen molar-refractivity contribution in [3.8, 4) is 6.07 Å². The summed E-state index contributed by atoms with van der Waals surface area (Å²) in [4.78, 5) is 13.6. The van der Waals surface area contributed by atoms with Crippen molar-refractivity contribution in [3.63, 3.8) is 0 Å². The van der Waals surface area contributed by atoms with E-state index in [2.05, 4.69) is 39.2 Å². The standard InChI is InChI=1S/C14H19BrN4O/c1-3-19(8-10(2)7-16)9-12-5-4-11(6-13(12)15)14(20)18-17/h4-6,10H,3,8-9,17H2,1-2H3,(H,18,20). The maximum Gasteiger partial charge on any atom is 0.265 e. The Hall–Kier alpha value is -1.42. The van der Waals surface area contributed by atoms with Gasteiger partial charge in [-0.1, -0.05) is 28.9 Å². The number of hydrogen-bond acceptors (Lipinski definition) is 4. The molecule has 0 fully saturated rings. The van der Waals surface area contributed by atoms with E-state index in [4.69, 9.17) is 11.1 Å². The van der Waals surface area contributed by atoms with Gasteiger partial charge in [0.15, 0.2) is 0 Å². The lowest BCUT2D eigenvalue weighted by molar-refractivity contribution is 0.0953. The third-order valence-corrected chi connectivity index (χ3v) is 3.78. The molecule has 0 saturated heterocycles. The number of nitrogens with zero attached hydrogens (tertiary/aromatic N) is 2. The number of nitrogens with one attached hydrogen (secondary N) is 1. The summed E-state index contributed by atoms with van der Waals surface area (Å²) in [5.41, 5.74) is 3.69. The fourth-order valence-electron chi connectivity index (χ4n) is 1.87. The van der Waals surface area contributed by atoms with Crippen molar-refractivity contribution in [2.75, 3.05) is 13.1 Å². The Morgan fingerprint density at radius 1 is 1.60 bits per heavy atom. The number of amides is 1. The van der Waals surface area contributed by atoms with Crippen LogP contribution in [-0.2, 0) is 6.54 Å². The first-order chi connectivity index (χ1) is 9.51. The van der Waals surface area contributed by atoms with Crippen molar-refractivity contribution in [3.05, 3.63) is 33.8 Å². The molecule has 0 saturated carbocycles. The molecule has 1 unspecified atom stereocenters. The number of nitrogens with two attached hydrogens (primary N) is 1. The zero-order valence-electron chi connectivity index (χ0n) is 11.7. The highest BCUT2D eigenvalue weighted by atomic mass is 79.9. The van der Waals surface area contributed by atoms with Crippen molar-refractivity contribution in [1.29, 1.82) is 5.26 Å². The van der Waals surface area contributed by atoms with E-state index in [1.54, 1.807) is 12.1 Å². The van der Waals surface area contributed by atoms with Crippen molar-refractivity contribution < 1.29 is 4.79 Å². The van der Waals surface area contributed by atoms with Crippen LogP contribution in [0, 0.1) is 17.2 Å². The van der Waals surface area contributed by atoms with Crippen molar-refractivity contribution in [1.82, 2.24) is 10.3 Å². The third kappa shape index (κ3) is 4.60. The molecular weight excluding hydrogens is 320 g/mol. The number of nitriles is 1. The predicted octanol–water partition coefficient (Wildman–Crippen LogP) is 2.03. The van der Waals surface area contributed by atoms with Crippen LogP contribution < -0.4 is 11.3 Å². The summed E-state index contributed by atoms with van der Waals surface area (Å²) in [6, 6.07) is 7.63. The summed E-state index contributed by atoms with van der Waals surface area (Å²) >= 11 is 3.47. The number of carbonyl (C=O) groups is 1. The molecule has 1 rings (SSSR count). The van der Waals surface area contributed by atoms with E-state index in [0.29, 0.717) is 5.56 Å². The minimum absolute atomic E-state index is 0.00369. The van der Waals surface area contributed by atoms with E-state index < -0.39 is 0 Å². The zero-order chi connectivity index (χ0) is 15.1. The second-order valence-electron chi connectivity index (χ2n) is 4.64. The average molecular weight is 339 g/mol. The minimum Gasteiger partial charge on any atom is -0.298 e. The fraction of sp³-hybridized carbons (Fsp3) is 0.429. The van der Waals surface area contributed by atoms with Gasteiger partial charge in [-0.2, -0.15) is 5.26 Å². The monoisotopic (exact) mass is 338 g/mol. The topological polar surface area (TPSA) is 82.2 Å². The van der Waals surface area contributed by atoms with Crippen LogP contribution in [0.3, 0.4) is 0 Å². The van der Waals surface area contributed by atoms with Gasteiger partial charge in [0.05, 0.1) is 12.0 Å². The van der Waals surface area contributed by atoms with Gasteiger partial charge >= 0.3 is 0 Å². The van der Waals surface area contributed by atoms with Gasteiger partial charge in [0, 0.05) is 23.1 Å². The molecular formula is C14H19BrN4O. The van der Waals surface area contributed by atoms with Gasteiger partial charge in [-0.15, -0.1) is 0 Å². The van der Waals surface area contributed by atoms with Crippen LogP contribution >= 0.6 is 15.9 Å². The van der Waals surface area contributed by atoms with Crippen LogP contribution in [0.2, 0.25) is 0 Å². The van der Waals surface area contributed by atoms with Crippen molar-refractivity contribution in [2.45, 2.75) is 20.4 Å². The van der Waals surface area contributed by atoms with Crippen molar-refractivity contribution in [2.24, 2.45) is 11.8 Å². The lowest BCUT2D eigenvalue weighted by atomic mass is 10.1. The molecule has 0 radical (unpaired) electrons. The van der Waals surface area contributed by atoms with E-state index >= 15 is 0 Å². The second kappa shape index (κ2) is 8.00. The molecule has 108 valence electrons. The van der Waals surface area contributed by atoms with Gasteiger partial charge in [0.1, 0.15) is 0 Å². The molecule has 0 heterocycles. The Balaban J connectivity index is 2.82. The lowest BCUT2D eigenvalue weighted by Gasteiger charge is -2.22. The molecule has 0 aliphatic carbocycles. The Morgan fingerprint density at radius 2 is 2.30 bits per heavy atom. The summed E-state index contributed by atoms with van der Waals surface area (Å²) < 4.78 is 0.863. The molecule has 5 nitrogen and oxygen atoms in total. The molecule has 3 N–H and O–H groups in total. The Labute approximate surface area is 127 Å². The minimum atomic E-state index is -0.317. The van der Waals surface area contributed by atoms with Crippen LogP contribution in [0.5, 0.6) is 0 Å². The maximum atomic E-state index is 11.4. The first-order valence-corrected chi connectivity index (χ1v) is 7.22. The molecule has 0 aliphatic rings. The number of hydrazine groups is 1. The highest BCUT2D eigenvalue weighted by Crippen LogP contribution is 2.20. The number of carbonyl (C=O) groups excluding carboxylic acids is 1. The van der Waals surface area contributed by atoms with Crippen LogP contribution in [0.15, 0.2) is 22.7 Å². The molecule has 1 amide bonds. The van der Waals surface area contributed by atoms with Gasteiger partial charge in [-0.3, -0.25) is 15.1 Å². The highest BCUT2D eigenvalue weighted by Gasteiger charge is 2.12. The third-order valence-electron chi connectivity index (χ3n) is 3.04. The Kier molecular flexibility index (Phi) is 6.65. The van der Waals surface area contributed by atoms with Crippen LogP contribution in [0.25, 0.3) is 0 Å². The molecule has 0 spiro atoms. The van der Waals surface area contributed by atoms with Crippen LogP contribution in [0.4, 0.5) is 0 Å². The number of nitrogen functional groups attached to an aromatic ring is 1. The fourth-order valence-corrected chi connectivity index (χ4v) is 2.38. The number of halogens is 1. The molecule has 20 heavy (non-hydrogen) atoms. The van der Waals surface area contributed by atoms with E-state index in [1.807, 2.05) is 13.0 Å². The number of benzene rings is 1. The largest absolute Gasteiger partial charge is 0.298 e. The van der Waals surface area contributed by atoms with Crippen molar-refractivity contribution >= 4 is 21.8 Å². The van der Waals surface area contributed by atoms with E-state index in [9.17, 15) is 4.79 Å². The molecule has 1 atom stereocenters. The quantitative estimate of drug-likeness (QED) is 0.472. The average Bonchev–Trinajstić information content (AvgIpc) is 2.47. The predicted molar refractivity (Wildman–Crippen MR) is 81.5 cm³/mol. The summed E-state index contributed by atoms with van der Waals surface area (Å²) in [6.07, 6.45) is 0. The summed E-state index contributed by atoms with van der Waals surface area (Å²) in [5, 5.41) is 8.88. The lowest BCUT2D eigenvalue weighted by Crippen LogP contribution is -2.30. The SMILES string of the molecule is CCN(Cc1ccc(C(=O)NN)cc1Br)CC(C)C#N. The van der Waals surface area contributed by atoms with Gasteiger partial charge < -0.3 is 0 Å². The number of hydrogen-bond donors (Lipinski definition) is 2.